The van der Waals surface area contributed by atoms with Crippen molar-refractivity contribution in [2.75, 3.05) is 45.7 Å². The van der Waals surface area contributed by atoms with Gasteiger partial charge in [0.25, 0.3) is 0 Å². The van der Waals surface area contributed by atoms with Crippen LogP contribution in [0.5, 0.6) is 0 Å². The zero-order valence-electron chi connectivity index (χ0n) is 20.6. The fourth-order valence-corrected chi connectivity index (χ4v) is 5.68. The molecule has 1 fully saturated rings. The molecule has 9 nitrogen and oxygen atoms in total. The summed E-state index contributed by atoms with van der Waals surface area (Å²) in [4.78, 5) is 37.4. The number of hydrogen-bond acceptors (Lipinski definition) is 6. The maximum atomic E-state index is 12.5. The van der Waals surface area contributed by atoms with Crippen molar-refractivity contribution >= 4 is 38.4 Å². The Morgan fingerprint density at radius 1 is 1.03 bits per heavy atom. The van der Waals surface area contributed by atoms with E-state index in [4.69, 9.17) is 0 Å². The standard InChI is InChI=1S/C25H33FN4O5S/c1-18(22-9-5-7-19-6-3-4-8-23(19)22)29-12-10-20(11-13-29)30(36(2,34)35)17-25(33)28-16-24(32)27-15-21(31)14-26/h3-9,18,20H,10-17H2,1-2H3,(H,27,32)(H,28,33). The molecule has 1 atom stereocenters. The summed E-state index contributed by atoms with van der Waals surface area (Å²) in [6.45, 7) is 1.01. The molecule has 1 saturated heterocycles. The number of Topliss-reactive ketones (excluding diaryl/α,β-unsaturated/α-hetero) is 1. The van der Waals surface area contributed by atoms with Crippen LogP contribution in [0.15, 0.2) is 42.5 Å². The summed E-state index contributed by atoms with van der Waals surface area (Å²) in [7, 11) is -3.67. The van der Waals surface area contributed by atoms with E-state index in [2.05, 4.69) is 46.7 Å². The number of carbonyl (C=O) groups is 3. The largest absolute Gasteiger partial charge is 0.347 e. The molecule has 1 heterocycles. The van der Waals surface area contributed by atoms with Gasteiger partial charge in [-0.15, -0.1) is 0 Å². The first-order chi connectivity index (χ1) is 17.1. The second kappa shape index (κ2) is 12.4. The van der Waals surface area contributed by atoms with Crippen molar-refractivity contribution in [3.05, 3.63) is 48.0 Å². The molecule has 2 amide bonds. The number of ketones is 1. The molecule has 0 aromatic heterocycles. The lowest BCUT2D eigenvalue weighted by atomic mass is 9.96. The van der Waals surface area contributed by atoms with E-state index in [9.17, 15) is 27.2 Å². The predicted octanol–water partition coefficient (Wildman–Crippen LogP) is 1.40. The topological polar surface area (TPSA) is 116 Å². The van der Waals surface area contributed by atoms with Gasteiger partial charge in [0.1, 0.15) is 6.67 Å². The molecule has 0 saturated carbocycles. The first-order valence-corrected chi connectivity index (χ1v) is 13.7. The number of nitrogens with one attached hydrogen (secondary N) is 2. The lowest BCUT2D eigenvalue weighted by Gasteiger charge is -2.39. The normalized spacial score (nSPS) is 16.1. The van der Waals surface area contributed by atoms with Gasteiger partial charge in [-0.3, -0.25) is 19.3 Å². The summed E-state index contributed by atoms with van der Waals surface area (Å²) in [6, 6.07) is 14.3. The molecule has 0 bridgehead atoms. The monoisotopic (exact) mass is 520 g/mol. The average molecular weight is 521 g/mol. The second-order valence-electron chi connectivity index (χ2n) is 9.05. The van der Waals surface area contributed by atoms with Crippen molar-refractivity contribution in [2.24, 2.45) is 0 Å². The molecular formula is C25H33FN4O5S. The molecule has 1 aliphatic rings. The predicted molar refractivity (Wildman–Crippen MR) is 136 cm³/mol. The molecule has 0 aliphatic carbocycles. The number of halogens is 1. The number of sulfonamides is 1. The van der Waals surface area contributed by atoms with Crippen LogP contribution in [-0.4, -0.2) is 86.9 Å². The van der Waals surface area contributed by atoms with Gasteiger partial charge in [0.05, 0.1) is 25.9 Å². The molecule has 0 spiro atoms. The number of carbonyl (C=O) groups excluding carboxylic acids is 3. The molecular weight excluding hydrogens is 487 g/mol. The maximum absolute atomic E-state index is 12.5. The van der Waals surface area contributed by atoms with Crippen LogP contribution in [0.2, 0.25) is 0 Å². The number of benzene rings is 2. The van der Waals surface area contributed by atoms with E-state index in [1.807, 2.05) is 18.2 Å². The number of amides is 2. The second-order valence-corrected chi connectivity index (χ2v) is 11.0. The Labute approximate surface area is 211 Å². The molecule has 36 heavy (non-hydrogen) atoms. The van der Waals surface area contributed by atoms with Crippen molar-refractivity contribution in [1.82, 2.24) is 19.8 Å². The molecule has 3 rings (SSSR count). The number of rotatable bonds is 11. The minimum atomic E-state index is -3.67. The van der Waals surface area contributed by atoms with Crippen molar-refractivity contribution in [2.45, 2.75) is 31.8 Å². The Morgan fingerprint density at radius 2 is 1.67 bits per heavy atom. The number of hydrogen-bond donors (Lipinski definition) is 2. The summed E-state index contributed by atoms with van der Waals surface area (Å²) in [6.07, 6.45) is 2.21. The maximum Gasteiger partial charge on any atom is 0.239 e. The van der Waals surface area contributed by atoms with Crippen molar-refractivity contribution in [1.29, 1.82) is 0 Å². The van der Waals surface area contributed by atoms with Crippen LogP contribution in [0.1, 0.15) is 31.4 Å². The van der Waals surface area contributed by atoms with Crippen LogP contribution in [0.25, 0.3) is 10.8 Å². The third kappa shape index (κ3) is 7.31. The molecule has 0 radical (unpaired) electrons. The minimum Gasteiger partial charge on any atom is -0.347 e. The summed E-state index contributed by atoms with van der Waals surface area (Å²) in [5, 5.41) is 6.92. The van der Waals surface area contributed by atoms with Crippen LogP contribution in [-0.2, 0) is 24.4 Å². The SMILES string of the molecule is CC(c1cccc2ccccc12)N1CCC(N(CC(=O)NCC(=O)NCC(=O)CF)S(C)(=O)=O)CC1. The molecule has 1 aliphatic heterocycles. The van der Waals surface area contributed by atoms with E-state index in [-0.39, 0.29) is 12.1 Å². The van der Waals surface area contributed by atoms with Crippen molar-refractivity contribution in [3.8, 4) is 0 Å². The van der Waals surface area contributed by atoms with Gasteiger partial charge in [-0.05, 0) is 36.1 Å². The fraction of sp³-hybridized carbons (Fsp3) is 0.480. The van der Waals surface area contributed by atoms with Gasteiger partial charge in [-0.1, -0.05) is 42.5 Å². The zero-order valence-corrected chi connectivity index (χ0v) is 21.4. The highest BCUT2D eigenvalue weighted by Crippen LogP contribution is 2.31. The Morgan fingerprint density at radius 3 is 2.33 bits per heavy atom. The zero-order chi connectivity index (χ0) is 26.3. The smallest absolute Gasteiger partial charge is 0.239 e. The van der Waals surface area contributed by atoms with Gasteiger partial charge < -0.3 is 10.6 Å². The van der Waals surface area contributed by atoms with Crippen molar-refractivity contribution in [3.63, 3.8) is 0 Å². The minimum absolute atomic E-state index is 0.148. The van der Waals surface area contributed by atoms with Gasteiger partial charge in [0, 0.05) is 25.2 Å². The average Bonchev–Trinajstić information content (AvgIpc) is 2.87. The first kappa shape index (κ1) is 27.7. The van der Waals surface area contributed by atoms with Crippen LogP contribution in [0, 0.1) is 0 Å². The number of likely N-dealkylation sites (tertiary alicyclic amines) is 1. The van der Waals surface area contributed by atoms with Crippen LogP contribution in [0.4, 0.5) is 4.39 Å². The molecule has 2 aromatic rings. The Hall–Kier alpha value is -2.89. The van der Waals surface area contributed by atoms with E-state index < -0.39 is 53.9 Å². The highest BCUT2D eigenvalue weighted by molar-refractivity contribution is 7.88. The Bertz CT molecular complexity index is 1190. The van der Waals surface area contributed by atoms with E-state index >= 15 is 0 Å². The fourth-order valence-electron chi connectivity index (χ4n) is 4.57. The van der Waals surface area contributed by atoms with Crippen LogP contribution in [0.3, 0.4) is 0 Å². The van der Waals surface area contributed by atoms with Crippen LogP contribution < -0.4 is 10.6 Å². The van der Waals surface area contributed by atoms with Gasteiger partial charge in [-0.2, -0.15) is 4.31 Å². The molecule has 2 N–H and O–H groups in total. The molecule has 196 valence electrons. The summed E-state index contributed by atoms with van der Waals surface area (Å²) >= 11 is 0. The number of nitrogens with zero attached hydrogens (tertiary/aromatic N) is 2. The number of piperidine rings is 1. The van der Waals surface area contributed by atoms with E-state index in [1.165, 1.54) is 20.6 Å². The number of fused-ring (bicyclic) bond motifs is 1. The van der Waals surface area contributed by atoms with E-state index in [0.29, 0.717) is 25.9 Å². The summed E-state index contributed by atoms with van der Waals surface area (Å²) < 4.78 is 38.3. The summed E-state index contributed by atoms with van der Waals surface area (Å²) in [5.74, 6) is -2.07. The highest BCUT2D eigenvalue weighted by Gasteiger charge is 2.33. The van der Waals surface area contributed by atoms with Crippen molar-refractivity contribution < 1.29 is 27.2 Å². The Balaban J connectivity index is 1.57. The number of alkyl halides is 1. The first-order valence-electron chi connectivity index (χ1n) is 11.9. The van der Waals surface area contributed by atoms with Gasteiger partial charge >= 0.3 is 0 Å². The Kier molecular flexibility index (Phi) is 9.52. The molecule has 11 heteroatoms. The molecule has 2 aromatic carbocycles. The molecule has 1 unspecified atom stereocenters. The lowest BCUT2D eigenvalue weighted by Crippen LogP contribution is -2.51. The van der Waals surface area contributed by atoms with E-state index in [0.717, 1.165) is 6.26 Å². The lowest BCUT2D eigenvalue weighted by molar-refractivity contribution is -0.127. The highest BCUT2D eigenvalue weighted by atomic mass is 32.2. The van der Waals surface area contributed by atoms with Gasteiger partial charge in [0.2, 0.25) is 21.8 Å². The van der Waals surface area contributed by atoms with Gasteiger partial charge in [-0.25, -0.2) is 12.8 Å². The van der Waals surface area contributed by atoms with Crippen LogP contribution >= 0.6 is 0 Å². The van der Waals surface area contributed by atoms with E-state index in [1.54, 1.807) is 0 Å². The van der Waals surface area contributed by atoms with Gasteiger partial charge in [0.15, 0.2) is 5.78 Å². The third-order valence-electron chi connectivity index (χ3n) is 6.53. The third-order valence-corrected chi connectivity index (χ3v) is 7.81. The summed E-state index contributed by atoms with van der Waals surface area (Å²) in [5.41, 5.74) is 1.22. The quantitative estimate of drug-likeness (QED) is 0.463.